The predicted octanol–water partition coefficient (Wildman–Crippen LogP) is 4.94. The van der Waals surface area contributed by atoms with Crippen molar-refractivity contribution >= 4 is 38.9 Å². The third-order valence-electron chi connectivity index (χ3n) is 6.17. The minimum Gasteiger partial charge on any atom is -0.376 e. The van der Waals surface area contributed by atoms with Crippen molar-refractivity contribution in [1.82, 2.24) is 5.32 Å². The van der Waals surface area contributed by atoms with E-state index in [0.717, 1.165) is 61.5 Å². The molecule has 6 heteroatoms. The molecule has 1 fully saturated rings. The molecule has 2 aromatic carbocycles. The molecule has 160 valence electrons. The lowest BCUT2D eigenvalue weighted by Crippen LogP contribution is -2.32. The summed E-state index contributed by atoms with van der Waals surface area (Å²) < 4.78 is 5.65. The standard InChI is InChI=1S/C25H26N2O3S/c28-23(19-12-5-8-16-7-1-2-10-18(16)19)27-25-22(20-11-3-4-13-21(20)31-25)24(29)26-15-17-9-6-14-30-17/h1-2,5,7-8,10,12,17H,3-4,6,9,11,13-15H2,(H,26,29)(H,27,28)/t17-/m1/s1. The summed E-state index contributed by atoms with van der Waals surface area (Å²) >= 11 is 1.55. The van der Waals surface area contributed by atoms with Crippen molar-refractivity contribution in [2.45, 2.75) is 44.6 Å². The zero-order valence-corrected chi connectivity index (χ0v) is 18.2. The van der Waals surface area contributed by atoms with Gasteiger partial charge in [-0.05, 0) is 60.9 Å². The largest absolute Gasteiger partial charge is 0.376 e. The van der Waals surface area contributed by atoms with Crippen LogP contribution >= 0.6 is 11.3 Å². The van der Waals surface area contributed by atoms with Gasteiger partial charge >= 0.3 is 0 Å². The number of amides is 2. The summed E-state index contributed by atoms with van der Waals surface area (Å²) in [4.78, 5) is 27.6. The van der Waals surface area contributed by atoms with E-state index in [9.17, 15) is 9.59 Å². The number of carbonyl (C=O) groups excluding carboxylic acids is 2. The van der Waals surface area contributed by atoms with Gasteiger partial charge in [0, 0.05) is 23.6 Å². The maximum atomic E-state index is 13.2. The fraction of sp³-hybridized carbons (Fsp3) is 0.360. The van der Waals surface area contributed by atoms with Crippen molar-refractivity contribution in [2.75, 3.05) is 18.5 Å². The zero-order chi connectivity index (χ0) is 21.2. The molecule has 1 aliphatic carbocycles. The van der Waals surface area contributed by atoms with Crippen LogP contribution < -0.4 is 10.6 Å². The lowest BCUT2D eigenvalue weighted by atomic mass is 9.95. The minimum absolute atomic E-state index is 0.0899. The lowest BCUT2D eigenvalue weighted by Gasteiger charge is -2.15. The molecule has 0 radical (unpaired) electrons. The number of anilines is 1. The molecule has 2 aliphatic rings. The molecule has 2 N–H and O–H groups in total. The second kappa shape index (κ2) is 8.81. The first kappa shape index (κ1) is 20.2. The molecule has 1 atom stereocenters. The fourth-order valence-corrected chi connectivity index (χ4v) is 5.87. The van der Waals surface area contributed by atoms with Crippen LogP contribution in [0.5, 0.6) is 0 Å². The summed E-state index contributed by atoms with van der Waals surface area (Å²) in [6.07, 6.45) is 6.17. The van der Waals surface area contributed by atoms with Crippen LogP contribution in [0.1, 0.15) is 56.8 Å². The van der Waals surface area contributed by atoms with Gasteiger partial charge in [-0.3, -0.25) is 9.59 Å². The Morgan fingerprint density at radius 3 is 2.71 bits per heavy atom. The molecule has 0 spiro atoms. The molecule has 2 heterocycles. The highest BCUT2D eigenvalue weighted by atomic mass is 32.1. The van der Waals surface area contributed by atoms with Crippen LogP contribution in [0.3, 0.4) is 0 Å². The smallest absolute Gasteiger partial charge is 0.256 e. The number of aryl methyl sites for hydroxylation is 1. The van der Waals surface area contributed by atoms with E-state index in [1.165, 1.54) is 4.88 Å². The van der Waals surface area contributed by atoms with E-state index in [1.807, 2.05) is 42.5 Å². The van der Waals surface area contributed by atoms with Crippen molar-refractivity contribution in [3.05, 3.63) is 64.0 Å². The Hall–Kier alpha value is -2.70. The third-order valence-corrected chi connectivity index (χ3v) is 7.38. The normalized spacial score (nSPS) is 18.0. The highest BCUT2D eigenvalue weighted by Crippen LogP contribution is 2.38. The molecule has 31 heavy (non-hydrogen) atoms. The first-order chi connectivity index (χ1) is 15.2. The number of hydrogen-bond donors (Lipinski definition) is 2. The quantitative estimate of drug-likeness (QED) is 0.598. The number of nitrogens with one attached hydrogen (secondary N) is 2. The van der Waals surface area contributed by atoms with Crippen LogP contribution in [-0.2, 0) is 17.6 Å². The average molecular weight is 435 g/mol. The first-order valence-electron chi connectivity index (χ1n) is 11.0. The Labute approximate surface area is 185 Å². The van der Waals surface area contributed by atoms with Crippen molar-refractivity contribution in [2.24, 2.45) is 0 Å². The number of hydrogen-bond acceptors (Lipinski definition) is 4. The number of fused-ring (bicyclic) bond motifs is 2. The van der Waals surface area contributed by atoms with Crippen molar-refractivity contribution in [3.63, 3.8) is 0 Å². The SMILES string of the molecule is O=C(NC[C@H]1CCCO1)c1c(NC(=O)c2cccc3ccccc23)sc2c1CCCC2. The van der Waals surface area contributed by atoms with E-state index in [1.54, 1.807) is 11.3 Å². The van der Waals surface area contributed by atoms with Gasteiger partial charge in [0.2, 0.25) is 0 Å². The maximum absolute atomic E-state index is 13.2. The molecule has 5 nitrogen and oxygen atoms in total. The van der Waals surface area contributed by atoms with Gasteiger partial charge in [-0.15, -0.1) is 11.3 Å². The van der Waals surface area contributed by atoms with Gasteiger partial charge in [-0.2, -0.15) is 0 Å². The van der Waals surface area contributed by atoms with Crippen LogP contribution in [0.15, 0.2) is 42.5 Å². The number of thiophene rings is 1. The van der Waals surface area contributed by atoms with E-state index in [-0.39, 0.29) is 17.9 Å². The second-order valence-electron chi connectivity index (χ2n) is 8.24. The predicted molar refractivity (Wildman–Crippen MR) is 124 cm³/mol. The Kier molecular flexibility index (Phi) is 5.74. The Morgan fingerprint density at radius 1 is 1.00 bits per heavy atom. The number of carbonyl (C=O) groups is 2. The fourth-order valence-electron chi connectivity index (χ4n) is 4.59. The van der Waals surface area contributed by atoms with Crippen LogP contribution in [0, 0.1) is 0 Å². The molecular weight excluding hydrogens is 408 g/mol. The van der Waals surface area contributed by atoms with Gasteiger partial charge in [0.25, 0.3) is 11.8 Å². The monoisotopic (exact) mass is 434 g/mol. The summed E-state index contributed by atoms with van der Waals surface area (Å²) in [5.41, 5.74) is 2.37. The van der Waals surface area contributed by atoms with E-state index < -0.39 is 0 Å². The van der Waals surface area contributed by atoms with Crippen LogP contribution in [0.4, 0.5) is 5.00 Å². The Morgan fingerprint density at radius 2 is 1.84 bits per heavy atom. The van der Waals surface area contributed by atoms with Crippen LogP contribution in [-0.4, -0.2) is 31.1 Å². The highest BCUT2D eigenvalue weighted by molar-refractivity contribution is 7.17. The average Bonchev–Trinajstić information content (AvgIpc) is 3.44. The molecule has 5 rings (SSSR count). The third kappa shape index (κ3) is 4.10. The van der Waals surface area contributed by atoms with Crippen molar-refractivity contribution in [1.29, 1.82) is 0 Å². The number of ether oxygens (including phenoxy) is 1. The highest BCUT2D eigenvalue weighted by Gasteiger charge is 2.27. The van der Waals surface area contributed by atoms with E-state index >= 15 is 0 Å². The summed E-state index contributed by atoms with van der Waals surface area (Å²) in [6, 6.07) is 13.6. The molecule has 0 saturated carbocycles. The van der Waals surface area contributed by atoms with Gasteiger partial charge in [0.05, 0.1) is 11.7 Å². The molecule has 0 bridgehead atoms. The van der Waals surface area contributed by atoms with Crippen molar-refractivity contribution in [3.8, 4) is 0 Å². The van der Waals surface area contributed by atoms with Gasteiger partial charge in [0.1, 0.15) is 5.00 Å². The molecule has 1 aliphatic heterocycles. The molecule has 1 aromatic heterocycles. The number of rotatable bonds is 5. The summed E-state index contributed by atoms with van der Waals surface area (Å²) in [5, 5.41) is 8.72. The zero-order valence-electron chi connectivity index (χ0n) is 17.4. The lowest BCUT2D eigenvalue weighted by molar-refractivity contribution is 0.0858. The van der Waals surface area contributed by atoms with Crippen LogP contribution in [0.2, 0.25) is 0 Å². The van der Waals surface area contributed by atoms with Crippen LogP contribution in [0.25, 0.3) is 10.8 Å². The van der Waals surface area contributed by atoms with Crippen molar-refractivity contribution < 1.29 is 14.3 Å². The topological polar surface area (TPSA) is 67.4 Å². The Balaban J connectivity index is 1.43. The van der Waals surface area contributed by atoms with E-state index in [4.69, 9.17) is 4.74 Å². The molecular formula is C25H26N2O3S. The second-order valence-corrected chi connectivity index (χ2v) is 9.35. The molecule has 2 amide bonds. The van der Waals surface area contributed by atoms with E-state index in [2.05, 4.69) is 10.6 Å². The van der Waals surface area contributed by atoms with E-state index in [0.29, 0.717) is 22.7 Å². The first-order valence-corrected chi connectivity index (χ1v) is 11.9. The maximum Gasteiger partial charge on any atom is 0.256 e. The summed E-state index contributed by atoms with van der Waals surface area (Å²) in [5.74, 6) is -0.285. The van der Waals surface area contributed by atoms with Gasteiger partial charge in [-0.25, -0.2) is 0 Å². The Bertz CT molecular complexity index is 1130. The number of benzene rings is 2. The minimum atomic E-state index is -0.177. The van der Waals surface area contributed by atoms with Gasteiger partial charge in [-0.1, -0.05) is 36.4 Å². The molecule has 0 unspecified atom stereocenters. The van der Waals surface area contributed by atoms with Gasteiger partial charge < -0.3 is 15.4 Å². The summed E-state index contributed by atoms with van der Waals surface area (Å²) in [6.45, 7) is 1.28. The summed E-state index contributed by atoms with van der Waals surface area (Å²) in [7, 11) is 0. The molecule has 1 saturated heterocycles. The van der Waals surface area contributed by atoms with Gasteiger partial charge in [0.15, 0.2) is 0 Å². The molecule has 3 aromatic rings.